The molecule has 1 aromatic carbocycles. The highest BCUT2D eigenvalue weighted by Crippen LogP contribution is 2.34. The minimum Gasteiger partial charge on any atom is -0.305 e. The topological polar surface area (TPSA) is 89.8 Å². The van der Waals surface area contributed by atoms with Crippen LogP contribution in [0.15, 0.2) is 27.8 Å². The van der Waals surface area contributed by atoms with E-state index in [0.717, 1.165) is 5.69 Å². The molecule has 0 aliphatic carbocycles. The lowest BCUT2D eigenvalue weighted by Gasteiger charge is -2.21. The van der Waals surface area contributed by atoms with Crippen LogP contribution in [-0.2, 0) is 0 Å². The standard InChI is InChI=1S/C10H7ClN4O2/c11-4-1-2-6-5(3-4)7-8(15-14-6)9(16)13-10(17)12-7/h1-3,14-15H,(H2,12,13,16,17). The summed E-state index contributed by atoms with van der Waals surface area (Å²) in [5.74, 6) is 0. The molecule has 0 unspecified atom stereocenters. The summed E-state index contributed by atoms with van der Waals surface area (Å²) in [6, 6.07) is 5.15. The van der Waals surface area contributed by atoms with Crippen molar-refractivity contribution >= 4 is 23.0 Å². The smallest absolute Gasteiger partial charge is 0.305 e. The SMILES string of the molecule is O=c1[nH]c2c(c(=O)[nH]1)NNc1ccc(Cl)cc1-2. The molecule has 6 nitrogen and oxygen atoms in total. The molecule has 2 aromatic rings. The zero-order chi connectivity index (χ0) is 12.0. The number of hydrogen-bond acceptors (Lipinski definition) is 4. The van der Waals surface area contributed by atoms with Crippen LogP contribution in [0.5, 0.6) is 0 Å². The molecule has 0 bridgehead atoms. The van der Waals surface area contributed by atoms with Crippen LogP contribution in [-0.4, -0.2) is 9.97 Å². The molecule has 3 rings (SSSR count). The van der Waals surface area contributed by atoms with E-state index in [-0.39, 0.29) is 5.69 Å². The molecule has 0 fully saturated rings. The molecule has 1 aliphatic rings. The average molecular weight is 251 g/mol. The summed E-state index contributed by atoms with van der Waals surface area (Å²) < 4.78 is 0. The van der Waals surface area contributed by atoms with Crippen molar-refractivity contribution in [2.75, 3.05) is 10.9 Å². The molecule has 17 heavy (non-hydrogen) atoms. The molecule has 1 aromatic heterocycles. The van der Waals surface area contributed by atoms with Gasteiger partial charge < -0.3 is 4.98 Å². The van der Waals surface area contributed by atoms with E-state index in [0.29, 0.717) is 16.3 Å². The second kappa shape index (κ2) is 3.39. The normalized spacial score (nSPS) is 12.1. The Hall–Kier alpha value is -2.21. The van der Waals surface area contributed by atoms with Gasteiger partial charge in [-0.15, -0.1) is 0 Å². The molecule has 86 valence electrons. The highest BCUT2D eigenvalue weighted by molar-refractivity contribution is 6.31. The van der Waals surface area contributed by atoms with E-state index in [2.05, 4.69) is 20.8 Å². The number of fused-ring (bicyclic) bond motifs is 3. The van der Waals surface area contributed by atoms with Gasteiger partial charge in [0.05, 0.1) is 11.4 Å². The molecule has 1 aliphatic heterocycles. The number of anilines is 2. The fraction of sp³-hybridized carbons (Fsp3) is 0. The van der Waals surface area contributed by atoms with Crippen LogP contribution in [0.4, 0.5) is 11.4 Å². The Morgan fingerprint density at radius 3 is 2.71 bits per heavy atom. The van der Waals surface area contributed by atoms with E-state index < -0.39 is 11.2 Å². The van der Waals surface area contributed by atoms with Gasteiger partial charge in [-0.1, -0.05) is 11.6 Å². The summed E-state index contributed by atoms with van der Waals surface area (Å²) in [5.41, 5.74) is 6.65. The van der Waals surface area contributed by atoms with E-state index in [1.54, 1.807) is 18.2 Å². The third-order valence-electron chi connectivity index (χ3n) is 2.52. The first kappa shape index (κ1) is 9.98. The van der Waals surface area contributed by atoms with Gasteiger partial charge >= 0.3 is 5.69 Å². The van der Waals surface area contributed by atoms with Gasteiger partial charge in [0, 0.05) is 10.6 Å². The van der Waals surface area contributed by atoms with Gasteiger partial charge in [0.25, 0.3) is 5.56 Å². The van der Waals surface area contributed by atoms with Crippen LogP contribution in [0, 0.1) is 0 Å². The molecule has 0 radical (unpaired) electrons. The van der Waals surface area contributed by atoms with Gasteiger partial charge in [-0.3, -0.25) is 20.6 Å². The maximum absolute atomic E-state index is 11.6. The van der Waals surface area contributed by atoms with Crippen molar-refractivity contribution in [2.24, 2.45) is 0 Å². The monoisotopic (exact) mass is 250 g/mol. The number of halogens is 1. The lowest BCUT2D eigenvalue weighted by Crippen LogP contribution is -2.30. The van der Waals surface area contributed by atoms with Crippen LogP contribution in [0.1, 0.15) is 0 Å². The first-order valence-corrected chi connectivity index (χ1v) is 5.21. The van der Waals surface area contributed by atoms with E-state index in [1.807, 2.05) is 0 Å². The lowest BCUT2D eigenvalue weighted by molar-refractivity contribution is 1.03. The summed E-state index contributed by atoms with van der Waals surface area (Å²) >= 11 is 5.90. The summed E-state index contributed by atoms with van der Waals surface area (Å²) in [6.45, 7) is 0. The van der Waals surface area contributed by atoms with Crippen molar-refractivity contribution in [3.8, 4) is 11.3 Å². The van der Waals surface area contributed by atoms with Crippen molar-refractivity contribution < 1.29 is 0 Å². The first-order chi connectivity index (χ1) is 8.15. The Kier molecular flexibility index (Phi) is 1.99. The highest BCUT2D eigenvalue weighted by Gasteiger charge is 2.19. The van der Waals surface area contributed by atoms with E-state index in [9.17, 15) is 9.59 Å². The van der Waals surface area contributed by atoms with Crippen molar-refractivity contribution in [1.29, 1.82) is 0 Å². The van der Waals surface area contributed by atoms with Crippen LogP contribution in [0.25, 0.3) is 11.3 Å². The summed E-state index contributed by atoms with van der Waals surface area (Å²) in [6.07, 6.45) is 0. The predicted octanol–water partition coefficient (Wildman–Crippen LogP) is 1.14. The van der Waals surface area contributed by atoms with Crippen LogP contribution < -0.4 is 22.1 Å². The minimum atomic E-state index is -0.552. The average Bonchev–Trinajstić information content (AvgIpc) is 2.28. The van der Waals surface area contributed by atoms with E-state index in [4.69, 9.17) is 11.6 Å². The third-order valence-corrected chi connectivity index (χ3v) is 2.75. The Balaban J connectivity index is 2.39. The number of hydrazine groups is 1. The fourth-order valence-electron chi connectivity index (χ4n) is 1.77. The number of H-pyrrole nitrogens is 2. The Morgan fingerprint density at radius 1 is 1.06 bits per heavy atom. The minimum absolute atomic E-state index is 0.263. The Morgan fingerprint density at radius 2 is 1.88 bits per heavy atom. The number of aromatic amines is 2. The maximum Gasteiger partial charge on any atom is 0.326 e. The first-order valence-electron chi connectivity index (χ1n) is 4.84. The summed E-state index contributed by atoms with van der Waals surface area (Å²) in [4.78, 5) is 27.6. The second-order valence-electron chi connectivity index (χ2n) is 3.60. The number of nitrogens with one attached hydrogen (secondary N) is 4. The number of rotatable bonds is 0. The zero-order valence-electron chi connectivity index (χ0n) is 8.43. The van der Waals surface area contributed by atoms with Crippen LogP contribution in [0.3, 0.4) is 0 Å². The molecule has 0 amide bonds. The van der Waals surface area contributed by atoms with Crippen molar-refractivity contribution in [3.63, 3.8) is 0 Å². The van der Waals surface area contributed by atoms with Crippen molar-refractivity contribution in [1.82, 2.24) is 9.97 Å². The second-order valence-corrected chi connectivity index (χ2v) is 4.03. The van der Waals surface area contributed by atoms with E-state index in [1.165, 1.54) is 0 Å². The Bertz CT molecular complexity index is 719. The van der Waals surface area contributed by atoms with Gasteiger partial charge in [0.15, 0.2) is 0 Å². The van der Waals surface area contributed by atoms with Gasteiger partial charge in [0.2, 0.25) is 0 Å². The van der Waals surface area contributed by atoms with Gasteiger partial charge in [-0.05, 0) is 18.2 Å². The summed E-state index contributed by atoms with van der Waals surface area (Å²) in [5, 5.41) is 0.527. The zero-order valence-corrected chi connectivity index (χ0v) is 9.18. The van der Waals surface area contributed by atoms with Gasteiger partial charge in [-0.2, -0.15) is 0 Å². The maximum atomic E-state index is 11.6. The molecule has 0 atom stereocenters. The van der Waals surface area contributed by atoms with Crippen LogP contribution >= 0.6 is 11.6 Å². The molecule has 0 saturated heterocycles. The third kappa shape index (κ3) is 1.50. The lowest BCUT2D eigenvalue weighted by atomic mass is 10.1. The largest absolute Gasteiger partial charge is 0.326 e. The number of aromatic nitrogens is 2. The molecule has 7 heteroatoms. The molecular weight excluding hydrogens is 244 g/mol. The molecule has 0 spiro atoms. The molecule has 4 N–H and O–H groups in total. The predicted molar refractivity (Wildman–Crippen MR) is 65.4 cm³/mol. The highest BCUT2D eigenvalue weighted by atomic mass is 35.5. The number of hydrogen-bond donors (Lipinski definition) is 4. The van der Waals surface area contributed by atoms with E-state index >= 15 is 0 Å². The number of benzene rings is 1. The van der Waals surface area contributed by atoms with Gasteiger partial charge in [0.1, 0.15) is 5.69 Å². The summed E-state index contributed by atoms with van der Waals surface area (Å²) in [7, 11) is 0. The van der Waals surface area contributed by atoms with Gasteiger partial charge in [-0.25, -0.2) is 4.79 Å². The fourth-order valence-corrected chi connectivity index (χ4v) is 1.94. The quantitative estimate of drug-likeness (QED) is 0.564. The molecular formula is C10H7ClN4O2. The van der Waals surface area contributed by atoms with Crippen molar-refractivity contribution in [3.05, 3.63) is 44.1 Å². The van der Waals surface area contributed by atoms with Crippen LogP contribution in [0.2, 0.25) is 5.02 Å². The van der Waals surface area contributed by atoms with Crippen molar-refractivity contribution in [2.45, 2.75) is 0 Å². The Labute approximate surface area is 99.6 Å². The molecule has 0 saturated carbocycles. The molecule has 2 heterocycles.